The minimum absolute atomic E-state index is 0.268. The quantitative estimate of drug-likeness (QED) is 0.834. The fourth-order valence-corrected chi connectivity index (χ4v) is 3.04. The third-order valence-corrected chi connectivity index (χ3v) is 4.14. The Morgan fingerprint density at radius 1 is 1.24 bits per heavy atom. The number of ether oxygens (including phenoxy) is 1. The zero-order valence-electron chi connectivity index (χ0n) is 11.7. The number of amides is 1. The fraction of sp³-hybridized carbons (Fsp3) is 0.235. The first-order valence-electron chi connectivity index (χ1n) is 7.05. The van der Waals surface area contributed by atoms with Crippen LogP contribution in [0.3, 0.4) is 0 Å². The number of allylic oxidation sites excluding steroid dienone is 1. The van der Waals surface area contributed by atoms with E-state index in [2.05, 4.69) is 11.5 Å². The highest BCUT2D eigenvalue weighted by Gasteiger charge is 2.23. The van der Waals surface area contributed by atoms with E-state index in [-0.39, 0.29) is 6.09 Å². The molecule has 1 aliphatic heterocycles. The monoisotopic (exact) mass is 299 g/mol. The maximum absolute atomic E-state index is 12.3. The van der Waals surface area contributed by atoms with Crippen LogP contribution in [-0.2, 0) is 11.3 Å². The molecule has 0 unspecified atom stereocenters. The first-order chi connectivity index (χ1) is 10.3. The minimum atomic E-state index is -0.268. The van der Waals surface area contributed by atoms with Crippen molar-refractivity contribution in [3.05, 3.63) is 64.4 Å². The van der Waals surface area contributed by atoms with Gasteiger partial charge in [0.25, 0.3) is 0 Å². The molecule has 21 heavy (non-hydrogen) atoms. The van der Waals surface area contributed by atoms with Gasteiger partial charge in [-0.25, -0.2) is 4.79 Å². The maximum atomic E-state index is 12.3. The molecule has 1 aliphatic rings. The normalized spacial score (nSPS) is 14.7. The van der Waals surface area contributed by atoms with Crippen molar-refractivity contribution >= 4 is 23.1 Å². The predicted octanol–water partition coefficient (Wildman–Crippen LogP) is 4.52. The van der Waals surface area contributed by atoms with Gasteiger partial charge >= 0.3 is 6.09 Å². The molecule has 2 heterocycles. The van der Waals surface area contributed by atoms with Crippen LogP contribution in [0.5, 0.6) is 0 Å². The second-order valence-electron chi connectivity index (χ2n) is 4.94. The van der Waals surface area contributed by atoms with Gasteiger partial charge in [-0.2, -0.15) is 11.3 Å². The van der Waals surface area contributed by atoms with E-state index in [4.69, 9.17) is 4.74 Å². The van der Waals surface area contributed by atoms with Gasteiger partial charge in [-0.3, -0.25) is 4.90 Å². The van der Waals surface area contributed by atoms with Gasteiger partial charge in [0, 0.05) is 17.5 Å². The Labute approximate surface area is 128 Å². The molecule has 1 aromatic carbocycles. The Morgan fingerprint density at radius 2 is 2.10 bits per heavy atom. The summed E-state index contributed by atoms with van der Waals surface area (Å²) in [6.45, 7) is 1.03. The summed E-state index contributed by atoms with van der Waals surface area (Å²) in [7, 11) is 0. The van der Waals surface area contributed by atoms with E-state index in [1.807, 2.05) is 41.8 Å². The molecule has 0 aliphatic carbocycles. The number of hydrogen-bond acceptors (Lipinski definition) is 3. The van der Waals surface area contributed by atoms with Crippen molar-refractivity contribution in [3.63, 3.8) is 0 Å². The summed E-state index contributed by atoms with van der Waals surface area (Å²) >= 11 is 1.64. The van der Waals surface area contributed by atoms with Crippen molar-refractivity contribution in [2.45, 2.75) is 19.4 Å². The lowest BCUT2D eigenvalue weighted by Gasteiger charge is -2.27. The molecule has 0 saturated carbocycles. The fourth-order valence-electron chi connectivity index (χ4n) is 2.39. The topological polar surface area (TPSA) is 29.5 Å². The number of nitrogens with zero attached hydrogens (tertiary/aromatic N) is 1. The standard InChI is InChI=1S/C17H17NO2S/c19-17(20-12-14-6-2-1-3-7-14)18-10-5-4-8-16(18)15-9-11-21-13-15/h1-3,6-9,11,13H,4-5,10,12H2. The summed E-state index contributed by atoms with van der Waals surface area (Å²) in [5, 5.41) is 4.09. The molecule has 1 amide bonds. The Balaban J connectivity index is 1.68. The highest BCUT2D eigenvalue weighted by atomic mass is 32.1. The summed E-state index contributed by atoms with van der Waals surface area (Å²) < 4.78 is 5.45. The van der Waals surface area contributed by atoms with Gasteiger partial charge in [0.2, 0.25) is 0 Å². The van der Waals surface area contributed by atoms with Crippen LogP contribution in [0.15, 0.2) is 53.2 Å². The van der Waals surface area contributed by atoms with Gasteiger partial charge in [-0.15, -0.1) is 0 Å². The number of carbonyl (C=O) groups excluding carboxylic acids is 1. The van der Waals surface area contributed by atoms with Crippen molar-refractivity contribution in [2.75, 3.05) is 6.54 Å². The largest absolute Gasteiger partial charge is 0.444 e. The van der Waals surface area contributed by atoms with E-state index in [0.717, 1.165) is 36.2 Å². The van der Waals surface area contributed by atoms with E-state index < -0.39 is 0 Å². The van der Waals surface area contributed by atoms with Crippen molar-refractivity contribution in [2.24, 2.45) is 0 Å². The van der Waals surface area contributed by atoms with Crippen LogP contribution in [0.25, 0.3) is 5.70 Å². The summed E-state index contributed by atoms with van der Waals surface area (Å²) in [4.78, 5) is 14.1. The summed E-state index contributed by atoms with van der Waals surface area (Å²) in [5.41, 5.74) is 3.07. The molecule has 0 spiro atoms. The zero-order chi connectivity index (χ0) is 14.5. The Bertz CT molecular complexity index is 620. The lowest BCUT2D eigenvalue weighted by Crippen LogP contribution is -2.32. The lowest BCUT2D eigenvalue weighted by molar-refractivity contribution is 0.112. The summed E-state index contributed by atoms with van der Waals surface area (Å²) in [6, 6.07) is 11.8. The van der Waals surface area contributed by atoms with E-state index in [1.165, 1.54) is 0 Å². The molecule has 0 saturated heterocycles. The van der Waals surface area contributed by atoms with E-state index in [9.17, 15) is 4.79 Å². The summed E-state index contributed by atoms with van der Waals surface area (Å²) in [5.74, 6) is 0. The third-order valence-electron chi connectivity index (χ3n) is 3.46. The highest BCUT2D eigenvalue weighted by Crippen LogP contribution is 2.27. The first-order valence-corrected chi connectivity index (χ1v) is 8.00. The average molecular weight is 299 g/mol. The van der Waals surface area contributed by atoms with E-state index >= 15 is 0 Å². The maximum Gasteiger partial charge on any atom is 0.414 e. The molecule has 2 aromatic rings. The molecule has 0 radical (unpaired) electrons. The van der Waals surface area contributed by atoms with Crippen molar-refractivity contribution in [1.29, 1.82) is 0 Å². The van der Waals surface area contributed by atoms with E-state index in [0.29, 0.717) is 6.61 Å². The van der Waals surface area contributed by atoms with Gasteiger partial charge in [-0.1, -0.05) is 36.4 Å². The molecule has 3 rings (SSSR count). The average Bonchev–Trinajstić information content (AvgIpc) is 3.08. The first kappa shape index (κ1) is 13.9. The molecule has 0 N–H and O–H groups in total. The molecular weight excluding hydrogens is 282 g/mol. The summed E-state index contributed by atoms with van der Waals surface area (Å²) in [6.07, 6.45) is 3.84. The second kappa shape index (κ2) is 6.59. The van der Waals surface area contributed by atoms with Crippen molar-refractivity contribution < 1.29 is 9.53 Å². The molecule has 0 fully saturated rings. The predicted molar refractivity (Wildman–Crippen MR) is 84.9 cm³/mol. The van der Waals surface area contributed by atoms with Gasteiger partial charge in [0.05, 0.1) is 5.70 Å². The molecule has 0 atom stereocenters. The smallest absolute Gasteiger partial charge is 0.414 e. The van der Waals surface area contributed by atoms with Gasteiger partial charge in [-0.05, 0) is 29.9 Å². The number of carbonyl (C=O) groups is 1. The van der Waals surface area contributed by atoms with Crippen LogP contribution in [0.4, 0.5) is 4.79 Å². The Hall–Kier alpha value is -2.07. The number of hydrogen-bond donors (Lipinski definition) is 0. The number of benzene rings is 1. The number of thiophene rings is 1. The van der Waals surface area contributed by atoms with Gasteiger partial charge in [0.1, 0.15) is 6.61 Å². The Morgan fingerprint density at radius 3 is 2.86 bits per heavy atom. The minimum Gasteiger partial charge on any atom is -0.444 e. The van der Waals surface area contributed by atoms with Crippen LogP contribution in [0.1, 0.15) is 24.0 Å². The van der Waals surface area contributed by atoms with Crippen LogP contribution < -0.4 is 0 Å². The van der Waals surface area contributed by atoms with Crippen LogP contribution in [0.2, 0.25) is 0 Å². The van der Waals surface area contributed by atoms with Gasteiger partial charge < -0.3 is 4.74 Å². The molecule has 3 nitrogen and oxygen atoms in total. The van der Waals surface area contributed by atoms with Crippen molar-refractivity contribution in [1.82, 2.24) is 4.90 Å². The molecule has 4 heteroatoms. The van der Waals surface area contributed by atoms with Crippen LogP contribution in [0, 0.1) is 0 Å². The van der Waals surface area contributed by atoms with Crippen LogP contribution >= 0.6 is 11.3 Å². The highest BCUT2D eigenvalue weighted by molar-refractivity contribution is 7.08. The van der Waals surface area contributed by atoms with E-state index in [1.54, 1.807) is 16.2 Å². The molecule has 1 aromatic heterocycles. The second-order valence-corrected chi connectivity index (χ2v) is 5.72. The lowest BCUT2D eigenvalue weighted by atomic mass is 10.1. The van der Waals surface area contributed by atoms with Gasteiger partial charge in [0.15, 0.2) is 0 Å². The van der Waals surface area contributed by atoms with Crippen LogP contribution in [-0.4, -0.2) is 17.5 Å². The molecule has 108 valence electrons. The Kier molecular flexibility index (Phi) is 4.36. The third kappa shape index (κ3) is 3.34. The molecule has 0 bridgehead atoms. The zero-order valence-corrected chi connectivity index (χ0v) is 12.5. The van der Waals surface area contributed by atoms with Crippen molar-refractivity contribution in [3.8, 4) is 0 Å². The SMILES string of the molecule is O=C(OCc1ccccc1)N1CCCC=C1c1ccsc1. The molecular formula is C17H17NO2S. The number of rotatable bonds is 3.